The van der Waals surface area contributed by atoms with E-state index >= 15 is 0 Å². The Morgan fingerprint density at radius 1 is 0.396 bits per heavy atom. The molecule has 20 unspecified atom stereocenters. The monoisotopic (exact) mass is 708 g/mol. The molecule has 4 aliphatic rings. The Balaban J connectivity index is 1.57. The number of aliphatic hydroxyl groups excluding tert-OH is 11. The minimum atomic E-state index is -1.99. The van der Waals surface area contributed by atoms with E-state index in [0.29, 0.717) is 0 Å². The highest BCUT2D eigenvalue weighted by Crippen LogP contribution is 2.34. The summed E-state index contributed by atoms with van der Waals surface area (Å²) in [6.45, 7) is -2.71. The lowest BCUT2D eigenvalue weighted by atomic mass is 9.96. The zero-order valence-electron chi connectivity index (χ0n) is 26.4. The van der Waals surface area contributed by atoms with Crippen molar-refractivity contribution in [2.75, 3.05) is 47.8 Å². The van der Waals surface area contributed by atoms with E-state index < -0.39 is 149 Å². The molecular weight excluding hydrogens is 660 g/mol. The molecule has 4 heterocycles. The van der Waals surface area contributed by atoms with Crippen LogP contribution in [0.5, 0.6) is 0 Å². The molecule has 4 rings (SSSR count). The van der Waals surface area contributed by atoms with Gasteiger partial charge in [0.25, 0.3) is 0 Å². The van der Waals surface area contributed by atoms with Gasteiger partial charge in [-0.2, -0.15) is 0 Å². The molecule has 48 heavy (non-hydrogen) atoms. The van der Waals surface area contributed by atoms with Crippen LogP contribution in [0.15, 0.2) is 0 Å². The van der Waals surface area contributed by atoms with Crippen molar-refractivity contribution in [1.29, 1.82) is 0 Å². The van der Waals surface area contributed by atoms with E-state index in [9.17, 15) is 56.2 Å². The summed E-state index contributed by atoms with van der Waals surface area (Å²) in [5, 5.41) is 115. The Morgan fingerprint density at radius 3 is 1.17 bits per heavy atom. The molecule has 0 amide bonds. The van der Waals surface area contributed by atoms with Crippen molar-refractivity contribution < 1.29 is 104 Å². The Bertz CT molecular complexity index is 960. The Morgan fingerprint density at radius 2 is 0.729 bits per heavy atom. The van der Waals surface area contributed by atoms with Crippen LogP contribution in [0.3, 0.4) is 0 Å². The van der Waals surface area contributed by atoms with Crippen LogP contribution in [0.25, 0.3) is 0 Å². The molecule has 0 aliphatic carbocycles. The van der Waals surface area contributed by atoms with Gasteiger partial charge in [0, 0.05) is 21.3 Å². The minimum absolute atomic E-state index is 0.629. The minimum Gasteiger partial charge on any atom is -0.394 e. The maximum absolute atomic E-state index is 11.3. The first-order valence-electron chi connectivity index (χ1n) is 15.3. The molecule has 0 bridgehead atoms. The van der Waals surface area contributed by atoms with Gasteiger partial charge < -0.3 is 104 Å². The van der Waals surface area contributed by atoms with Gasteiger partial charge in [0.1, 0.15) is 97.7 Å². The van der Waals surface area contributed by atoms with Crippen LogP contribution in [0.1, 0.15) is 0 Å². The third-order valence-corrected chi connectivity index (χ3v) is 8.89. The van der Waals surface area contributed by atoms with Crippen molar-refractivity contribution in [2.24, 2.45) is 0 Å². The molecule has 0 spiro atoms. The second-order valence-electron chi connectivity index (χ2n) is 11.8. The molecule has 21 nitrogen and oxygen atoms in total. The normalized spacial score (nSPS) is 50.4. The summed E-state index contributed by atoms with van der Waals surface area (Å²) in [6.07, 6.45) is -31.3. The third-order valence-electron chi connectivity index (χ3n) is 8.89. The molecule has 0 radical (unpaired) electrons. The van der Waals surface area contributed by atoms with Crippen LogP contribution in [-0.2, 0) is 47.4 Å². The number of ether oxygens (including phenoxy) is 10. The molecule has 0 aromatic rings. The quantitative estimate of drug-likeness (QED) is 0.0846. The summed E-state index contributed by atoms with van der Waals surface area (Å²) in [5.74, 6) is 0. The summed E-state index contributed by atoms with van der Waals surface area (Å²) in [5.41, 5.74) is 0. The third kappa shape index (κ3) is 8.12. The average molecular weight is 709 g/mol. The fraction of sp³-hybridized carbons (Fsp3) is 1.00. The predicted octanol–water partition coefficient (Wildman–Crippen LogP) is -7.79. The fourth-order valence-corrected chi connectivity index (χ4v) is 6.17. The van der Waals surface area contributed by atoms with Crippen LogP contribution in [0, 0.1) is 0 Å². The smallest absolute Gasteiger partial charge is 0.187 e. The fourth-order valence-electron chi connectivity index (χ4n) is 6.17. The number of aliphatic hydroxyl groups is 11. The van der Waals surface area contributed by atoms with E-state index in [1.54, 1.807) is 0 Å². The largest absolute Gasteiger partial charge is 0.394 e. The summed E-state index contributed by atoms with van der Waals surface area (Å²) in [6, 6.07) is 0. The van der Waals surface area contributed by atoms with Gasteiger partial charge in [0.2, 0.25) is 0 Å². The molecule has 20 atom stereocenters. The van der Waals surface area contributed by atoms with Crippen molar-refractivity contribution in [1.82, 2.24) is 0 Å². The van der Waals surface area contributed by atoms with E-state index in [4.69, 9.17) is 47.4 Å². The first kappa shape index (κ1) is 39.9. The second kappa shape index (κ2) is 17.6. The summed E-state index contributed by atoms with van der Waals surface area (Å²) >= 11 is 0. The van der Waals surface area contributed by atoms with Gasteiger partial charge in [-0.15, -0.1) is 0 Å². The molecule has 0 saturated carbocycles. The molecule has 21 heteroatoms. The van der Waals surface area contributed by atoms with E-state index in [2.05, 4.69) is 0 Å². The Labute approximate surface area is 274 Å². The van der Waals surface area contributed by atoms with Crippen molar-refractivity contribution in [2.45, 2.75) is 123 Å². The first-order chi connectivity index (χ1) is 22.9. The lowest BCUT2D eigenvalue weighted by Crippen LogP contribution is -2.67. The number of rotatable bonds is 13. The lowest BCUT2D eigenvalue weighted by molar-refractivity contribution is -0.384. The molecule has 0 aromatic carbocycles. The van der Waals surface area contributed by atoms with Crippen molar-refractivity contribution in [3.8, 4) is 0 Å². The topological polar surface area (TPSA) is 315 Å². The zero-order chi connectivity index (χ0) is 35.4. The number of methoxy groups -OCH3 is 3. The SMILES string of the molecule is COC1OC(CO)C(OC2OC(COC3OC(CO)C(OC)C(O)C3O)C(OC3OC(CO)C(OC)C(O)C3O)C(O)C2O)C(O)C1O. The first-order valence-corrected chi connectivity index (χ1v) is 15.3. The maximum atomic E-state index is 11.3. The van der Waals surface area contributed by atoms with Crippen LogP contribution < -0.4 is 0 Å². The second-order valence-corrected chi connectivity index (χ2v) is 11.8. The standard InChI is InChI=1S/C27H48O21/c1-39-20-8(4-28)44-25(17(36)12(20)31)42-7-11-23(48-26-18(37)13(32)21(40-2)9(5-29)45-26)15(34)19(38)27(46-11)47-22-10(6-30)43-24(41-3)16(35)14(22)33/h8-38H,4-7H2,1-3H3. The van der Waals surface area contributed by atoms with Crippen molar-refractivity contribution >= 4 is 0 Å². The van der Waals surface area contributed by atoms with Gasteiger partial charge in [-0.25, -0.2) is 0 Å². The molecule has 282 valence electrons. The van der Waals surface area contributed by atoms with E-state index in [1.165, 1.54) is 21.3 Å². The maximum Gasteiger partial charge on any atom is 0.187 e. The van der Waals surface area contributed by atoms with Gasteiger partial charge in [-0.1, -0.05) is 0 Å². The Hall–Kier alpha value is -0.840. The van der Waals surface area contributed by atoms with Crippen LogP contribution in [-0.4, -0.2) is 227 Å². The highest BCUT2D eigenvalue weighted by atomic mass is 16.8. The Kier molecular flexibility index (Phi) is 14.6. The summed E-state index contributed by atoms with van der Waals surface area (Å²) in [7, 11) is 3.65. The number of hydrogen-bond acceptors (Lipinski definition) is 21. The molecule has 4 aliphatic heterocycles. The lowest BCUT2D eigenvalue weighted by Gasteiger charge is -2.48. The van der Waals surface area contributed by atoms with Crippen molar-refractivity contribution in [3.05, 3.63) is 0 Å². The van der Waals surface area contributed by atoms with Crippen LogP contribution >= 0.6 is 0 Å². The number of hydrogen-bond donors (Lipinski definition) is 11. The van der Waals surface area contributed by atoms with Gasteiger partial charge >= 0.3 is 0 Å². The summed E-state index contributed by atoms with van der Waals surface area (Å²) in [4.78, 5) is 0. The van der Waals surface area contributed by atoms with Crippen LogP contribution in [0.4, 0.5) is 0 Å². The molecule has 11 N–H and O–H groups in total. The van der Waals surface area contributed by atoms with Gasteiger partial charge in [-0.3, -0.25) is 0 Å². The van der Waals surface area contributed by atoms with Gasteiger partial charge in [0.05, 0.1) is 26.4 Å². The average Bonchev–Trinajstić information content (AvgIpc) is 3.09. The predicted molar refractivity (Wildman–Crippen MR) is 148 cm³/mol. The van der Waals surface area contributed by atoms with E-state index in [1.807, 2.05) is 0 Å². The zero-order valence-corrected chi connectivity index (χ0v) is 26.4. The molecule has 4 saturated heterocycles. The van der Waals surface area contributed by atoms with E-state index in [0.717, 1.165) is 0 Å². The van der Waals surface area contributed by atoms with Gasteiger partial charge in [0.15, 0.2) is 25.2 Å². The van der Waals surface area contributed by atoms with Crippen molar-refractivity contribution in [3.63, 3.8) is 0 Å². The highest BCUT2D eigenvalue weighted by Gasteiger charge is 2.54. The highest BCUT2D eigenvalue weighted by molar-refractivity contribution is 4.97. The van der Waals surface area contributed by atoms with E-state index in [-0.39, 0.29) is 0 Å². The molecule has 0 aromatic heterocycles. The molecular formula is C27H48O21. The summed E-state index contributed by atoms with van der Waals surface area (Å²) < 4.78 is 54.8. The van der Waals surface area contributed by atoms with Gasteiger partial charge in [-0.05, 0) is 0 Å². The van der Waals surface area contributed by atoms with Crippen LogP contribution in [0.2, 0.25) is 0 Å². The molecule has 4 fully saturated rings.